The van der Waals surface area contributed by atoms with E-state index in [1.165, 1.54) is 0 Å². The summed E-state index contributed by atoms with van der Waals surface area (Å²) in [4.78, 5) is 11.2. The Balaban J connectivity index is 2.34. The molecule has 1 saturated heterocycles. The summed E-state index contributed by atoms with van der Waals surface area (Å²) in [6.45, 7) is 0.695. The Morgan fingerprint density at radius 2 is 2.55 bits per heavy atom. The van der Waals surface area contributed by atoms with Crippen LogP contribution in [0.1, 0.15) is 0 Å². The first-order chi connectivity index (χ1) is 5.29. The summed E-state index contributed by atoms with van der Waals surface area (Å²) in [7, 11) is 0. The molecule has 0 aromatic carbocycles. The van der Waals surface area contributed by atoms with Crippen molar-refractivity contribution >= 4 is 21.9 Å². The van der Waals surface area contributed by atoms with Gasteiger partial charge in [-0.2, -0.15) is 0 Å². The molecule has 4 heteroatoms. The van der Waals surface area contributed by atoms with Crippen LogP contribution in [0.4, 0.5) is 0 Å². The van der Waals surface area contributed by atoms with E-state index in [9.17, 15) is 4.79 Å². The van der Waals surface area contributed by atoms with Crippen molar-refractivity contribution in [1.82, 2.24) is 9.46 Å². The molecule has 3 nitrogen and oxygen atoms in total. The van der Waals surface area contributed by atoms with Gasteiger partial charge in [-0.3, -0.25) is 4.79 Å². The van der Waals surface area contributed by atoms with Crippen molar-refractivity contribution in [2.24, 2.45) is 5.92 Å². The van der Waals surface area contributed by atoms with Crippen LogP contribution in [0.3, 0.4) is 0 Å². The molecule has 0 spiro atoms. The Hall–Kier alpha value is -0.610. The van der Waals surface area contributed by atoms with Crippen LogP contribution in [0.5, 0.6) is 0 Å². The zero-order valence-corrected chi connectivity index (χ0v) is 7.34. The minimum absolute atomic E-state index is 0.0133. The van der Waals surface area contributed by atoms with Crippen LogP contribution in [-0.2, 0) is 4.79 Å². The number of ketones is 1. The first-order valence-electron chi connectivity index (χ1n) is 3.40. The number of allylic oxidation sites excluding steroid dienone is 3. The van der Waals surface area contributed by atoms with Gasteiger partial charge < -0.3 is 0 Å². The molecule has 0 radical (unpaired) electrons. The number of hydrogen-bond donors (Lipinski definition) is 1. The van der Waals surface area contributed by atoms with Gasteiger partial charge in [-0.1, -0.05) is 6.08 Å². The van der Waals surface area contributed by atoms with E-state index in [4.69, 9.17) is 0 Å². The third kappa shape index (κ3) is 1.02. The summed E-state index contributed by atoms with van der Waals surface area (Å²) in [5.41, 5.74) is 4.01. The molecule has 1 atom stereocenters. The highest BCUT2D eigenvalue weighted by atomic mass is 79.9. The number of nitrogens with one attached hydrogen (secondary N) is 1. The lowest BCUT2D eigenvalue weighted by atomic mass is 9.97. The highest BCUT2D eigenvalue weighted by Crippen LogP contribution is 2.26. The molecule has 1 N–H and O–H groups in total. The van der Waals surface area contributed by atoms with Crippen LogP contribution in [0.2, 0.25) is 0 Å². The minimum atomic E-state index is 0.0133. The number of nitrogens with zero attached hydrogens (tertiary/aromatic N) is 1. The van der Waals surface area contributed by atoms with Crippen molar-refractivity contribution in [2.75, 3.05) is 6.54 Å². The molecule has 0 amide bonds. The molecule has 0 aromatic rings. The first-order valence-corrected chi connectivity index (χ1v) is 4.11. The SMILES string of the molecule is O=C1C=CC=C2C1CNN2Br. The summed E-state index contributed by atoms with van der Waals surface area (Å²) < 4.78 is 1.72. The number of hydrazine groups is 1. The molecular weight excluding hydrogens is 208 g/mol. The fourth-order valence-electron chi connectivity index (χ4n) is 1.29. The standard InChI is InChI=1S/C7H7BrN2O/c8-10-6-2-1-3-7(11)5(6)4-9-10/h1-3,5,9H,4H2. The van der Waals surface area contributed by atoms with Gasteiger partial charge in [-0.05, 0) is 12.2 Å². The fraction of sp³-hybridized carbons (Fsp3) is 0.286. The molecule has 0 bridgehead atoms. The third-order valence-corrected chi connectivity index (χ3v) is 2.55. The molecule has 1 unspecified atom stereocenters. The summed E-state index contributed by atoms with van der Waals surface area (Å²) in [5.74, 6) is 0.191. The molecule has 0 aromatic heterocycles. The predicted molar refractivity (Wildman–Crippen MR) is 44.5 cm³/mol. The second-order valence-electron chi connectivity index (χ2n) is 2.55. The van der Waals surface area contributed by atoms with Crippen LogP contribution in [0.15, 0.2) is 23.9 Å². The van der Waals surface area contributed by atoms with E-state index in [1.54, 1.807) is 16.2 Å². The molecule has 1 aliphatic heterocycles. The Bertz CT molecular complexity index is 259. The Kier molecular flexibility index (Phi) is 1.58. The Morgan fingerprint density at radius 1 is 1.73 bits per heavy atom. The first kappa shape index (κ1) is 7.06. The summed E-state index contributed by atoms with van der Waals surface area (Å²) in [6.07, 6.45) is 5.32. The van der Waals surface area contributed by atoms with Crippen molar-refractivity contribution in [3.05, 3.63) is 23.9 Å². The number of hydrogen-bond acceptors (Lipinski definition) is 3. The maximum Gasteiger partial charge on any atom is 0.166 e. The largest absolute Gasteiger partial charge is 0.294 e. The monoisotopic (exact) mass is 214 g/mol. The van der Waals surface area contributed by atoms with E-state index in [0.29, 0.717) is 6.54 Å². The average Bonchev–Trinajstić information content (AvgIpc) is 2.35. The van der Waals surface area contributed by atoms with Crippen molar-refractivity contribution in [3.63, 3.8) is 0 Å². The zero-order chi connectivity index (χ0) is 7.84. The summed E-state index contributed by atoms with van der Waals surface area (Å²) in [5, 5.41) is 0. The smallest absolute Gasteiger partial charge is 0.166 e. The van der Waals surface area contributed by atoms with Gasteiger partial charge in [0.25, 0.3) is 0 Å². The van der Waals surface area contributed by atoms with Gasteiger partial charge in [0.2, 0.25) is 0 Å². The minimum Gasteiger partial charge on any atom is -0.294 e. The molecule has 2 rings (SSSR count). The van der Waals surface area contributed by atoms with E-state index in [-0.39, 0.29) is 11.7 Å². The molecule has 1 aliphatic carbocycles. The van der Waals surface area contributed by atoms with Gasteiger partial charge in [0.15, 0.2) is 5.78 Å². The molecule has 1 heterocycles. The molecule has 58 valence electrons. The number of carbonyl (C=O) groups is 1. The second-order valence-corrected chi connectivity index (χ2v) is 3.26. The lowest BCUT2D eigenvalue weighted by Gasteiger charge is -2.13. The molecule has 0 saturated carbocycles. The highest BCUT2D eigenvalue weighted by Gasteiger charge is 2.31. The quantitative estimate of drug-likeness (QED) is 0.605. The normalized spacial score (nSPS) is 28.8. The van der Waals surface area contributed by atoms with Gasteiger partial charge >= 0.3 is 0 Å². The van der Waals surface area contributed by atoms with Crippen LogP contribution >= 0.6 is 16.1 Å². The lowest BCUT2D eigenvalue weighted by molar-refractivity contribution is -0.116. The lowest BCUT2D eigenvalue weighted by Crippen LogP contribution is -2.18. The van der Waals surface area contributed by atoms with Crippen molar-refractivity contribution < 1.29 is 4.79 Å². The van der Waals surface area contributed by atoms with E-state index >= 15 is 0 Å². The van der Waals surface area contributed by atoms with Crippen LogP contribution in [0, 0.1) is 5.92 Å². The van der Waals surface area contributed by atoms with Crippen molar-refractivity contribution in [3.8, 4) is 0 Å². The van der Waals surface area contributed by atoms with Gasteiger partial charge in [-0.25, -0.2) is 9.46 Å². The molecule has 1 fully saturated rings. The van der Waals surface area contributed by atoms with Crippen molar-refractivity contribution in [2.45, 2.75) is 0 Å². The summed E-state index contributed by atoms with van der Waals surface area (Å²) >= 11 is 3.28. The highest BCUT2D eigenvalue weighted by molar-refractivity contribution is 9.07. The summed E-state index contributed by atoms with van der Waals surface area (Å²) in [6, 6.07) is 0. The maximum absolute atomic E-state index is 11.2. The number of rotatable bonds is 0. The van der Waals surface area contributed by atoms with E-state index in [2.05, 4.69) is 21.6 Å². The average molecular weight is 215 g/mol. The van der Waals surface area contributed by atoms with Crippen LogP contribution in [0.25, 0.3) is 0 Å². The van der Waals surface area contributed by atoms with E-state index in [1.807, 2.05) is 6.08 Å². The van der Waals surface area contributed by atoms with Gasteiger partial charge in [0.1, 0.15) is 0 Å². The fourth-order valence-corrected chi connectivity index (χ4v) is 1.80. The predicted octanol–water partition coefficient (Wildman–Crippen LogP) is 0.756. The van der Waals surface area contributed by atoms with Crippen LogP contribution in [-0.4, -0.2) is 16.4 Å². The number of halogens is 1. The van der Waals surface area contributed by atoms with Gasteiger partial charge in [-0.15, -0.1) is 0 Å². The molecular formula is C7H7BrN2O. The van der Waals surface area contributed by atoms with Crippen molar-refractivity contribution in [1.29, 1.82) is 0 Å². The topological polar surface area (TPSA) is 32.3 Å². The van der Waals surface area contributed by atoms with E-state index in [0.717, 1.165) is 5.70 Å². The third-order valence-electron chi connectivity index (χ3n) is 1.89. The molecule has 11 heavy (non-hydrogen) atoms. The molecule has 2 aliphatic rings. The van der Waals surface area contributed by atoms with Crippen LogP contribution < -0.4 is 5.43 Å². The van der Waals surface area contributed by atoms with E-state index < -0.39 is 0 Å². The number of carbonyl (C=O) groups excluding carboxylic acids is 1. The van der Waals surface area contributed by atoms with Gasteiger partial charge in [0, 0.05) is 6.54 Å². The zero-order valence-electron chi connectivity index (χ0n) is 5.75. The Morgan fingerprint density at radius 3 is 3.27 bits per heavy atom. The number of fused-ring (bicyclic) bond motifs is 1. The second kappa shape index (κ2) is 2.46. The maximum atomic E-state index is 11.2. The Labute approximate surface area is 73.1 Å². The van der Waals surface area contributed by atoms with Gasteiger partial charge in [0.05, 0.1) is 27.8 Å².